The Hall–Kier alpha value is -0.610. The van der Waals surface area contributed by atoms with Crippen molar-refractivity contribution >= 4 is 5.97 Å². The van der Waals surface area contributed by atoms with Gasteiger partial charge in [-0.15, -0.1) is 0 Å². The quantitative estimate of drug-likeness (QED) is 0.509. The van der Waals surface area contributed by atoms with E-state index >= 15 is 0 Å². The summed E-state index contributed by atoms with van der Waals surface area (Å²) < 4.78 is 5.14. The first-order valence-electron chi connectivity index (χ1n) is 6.32. The first kappa shape index (κ1) is 13.5. The fraction of sp³-hybridized carbons (Fsp3) is 0.917. The van der Waals surface area contributed by atoms with Gasteiger partial charge in [-0.1, -0.05) is 32.6 Å². The summed E-state index contributed by atoms with van der Waals surface area (Å²) >= 11 is 0. The Labute approximate surface area is 97.4 Å². The monoisotopic (exact) mass is 229 g/mol. The average Bonchev–Trinajstić information content (AvgIpc) is 2.70. The lowest BCUT2D eigenvalue weighted by atomic mass is 10.2. The van der Waals surface area contributed by atoms with E-state index in [9.17, 15) is 9.90 Å². The highest BCUT2D eigenvalue weighted by Crippen LogP contribution is 2.08. The molecule has 0 aromatic rings. The Morgan fingerprint density at radius 3 is 2.75 bits per heavy atom. The summed E-state index contributed by atoms with van der Waals surface area (Å²) in [5.41, 5.74) is 0. The largest absolute Gasteiger partial charge is 0.465 e. The van der Waals surface area contributed by atoms with E-state index in [-0.39, 0.29) is 12.0 Å². The van der Waals surface area contributed by atoms with Crippen LogP contribution in [0.25, 0.3) is 0 Å². The molecule has 0 bridgehead atoms. The molecule has 0 aromatic heterocycles. The predicted molar refractivity (Wildman–Crippen MR) is 62.1 cm³/mol. The van der Waals surface area contributed by atoms with Crippen molar-refractivity contribution in [3.05, 3.63) is 0 Å². The molecule has 1 aliphatic heterocycles. The van der Waals surface area contributed by atoms with Gasteiger partial charge in [-0.2, -0.15) is 0 Å². The molecule has 0 amide bonds. The van der Waals surface area contributed by atoms with Gasteiger partial charge in [0, 0.05) is 13.0 Å². The zero-order chi connectivity index (χ0) is 11.8. The molecule has 16 heavy (non-hydrogen) atoms. The molecule has 1 aliphatic rings. The number of carbonyl (C=O) groups is 1. The molecule has 2 atom stereocenters. The molecule has 0 spiro atoms. The third kappa shape index (κ3) is 4.94. The number of rotatable bonds is 7. The van der Waals surface area contributed by atoms with Gasteiger partial charge < -0.3 is 15.2 Å². The Morgan fingerprint density at radius 1 is 1.38 bits per heavy atom. The van der Waals surface area contributed by atoms with Crippen LogP contribution in [0.2, 0.25) is 0 Å². The lowest BCUT2D eigenvalue weighted by Crippen LogP contribution is -2.32. The molecule has 0 unspecified atom stereocenters. The van der Waals surface area contributed by atoms with E-state index in [4.69, 9.17) is 4.74 Å². The van der Waals surface area contributed by atoms with Gasteiger partial charge in [0.2, 0.25) is 0 Å². The van der Waals surface area contributed by atoms with Crippen LogP contribution < -0.4 is 5.32 Å². The van der Waals surface area contributed by atoms with Crippen LogP contribution >= 0.6 is 0 Å². The highest BCUT2D eigenvalue weighted by Gasteiger charge is 2.28. The number of unbranched alkanes of at least 4 members (excludes halogenated alkanes) is 4. The first-order valence-corrected chi connectivity index (χ1v) is 6.32. The number of aliphatic hydroxyl groups excluding tert-OH is 1. The smallest absolute Gasteiger partial charge is 0.323 e. The van der Waals surface area contributed by atoms with Gasteiger partial charge >= 0.3 is 5.97 Å². The molecular weight excluding hydrogens is 206 g/mol. The summed E-state index contributed by atoms with van der Waals surface area (Å²) in [7, 11) is 0. The van der Waals surface area contributed by atoms with Crippen LogP contribution in [-0.2, 0) is 9.53 Å². The van der Waals surface area contributed by atoms with Gasteiger partial charge in [-0.3, -0.25) is 4.79 Å². The van der Waals surface area contributed by atoms with E-state index in [1.54, 1.807) is 0 Å². The Morgan fingerprint density at radius 2 is 2.12 bits per heavy atom. The van der Waals surface area contributed by atoms with Crippen molar-refractivity contribution in [2.45, 2.75) is 57.6 Å². The number of hydrogen-bond acceptors (Lipinski definition) is 4. The van der Waals surface area contributed by atoms with Crippen molar-refractivity contribution in [1.29, 1.82) is 0 Å². The van der Waals surface area contributed by atoms with E-state index in [1.807, 2.05) is 0 Å². The summed E-state index contributed by atoms with van der Waals surface area (Å²) in [5.74, 6) is -0.216. The number of carbonyl (C=O) groups excluding carboxylic acids is 1. The fourth-order valence-electron chi connectivity index (χ4n) is 1.88. The van der Waals surface area contributed by atoms with Crippen molar-refractivity contribution in [3.63, 3.8) is 0 Å². The molecule has 0 radical (unpaired) electrons. The molecule has 2 N–H and O–H groups in total. The second kappa shape index (κ2) is 7.63. The van der Waals surface area contributed by atoms with Crippen LogP contribution in [0.15, 0.2) is 0 Å². The number of β-amino-alcohol motifs (C(OH)–C–C–N with tert-alkyl or cyclic N) is 1. The maximum Gasteiger partial charge on any atom is 0.323 e. The molecule has 0 aromatic carbocycles. The van der Waals surface area contributed by atoms with Crippen LogP contribution in [0.5, 0.6) is 0 Å². The van der Waals surface area contributed by atoms with E-state index in [1.165, 1.54) is 19.3 Å². The number of esters is 1. The zero-order valence-electron chi connectivity index (χ0n) is 10.1. The molecule has 94 valence electrons. The third-order valence-electron chi connectivity index (χ3n) is 2.88. The molecule has 0 aliphatic carbocycles. The van der Waals surface area contributed by atoms with Gasteiger partial charge in [0.05, 0.1) is 12.7 Å². The number of hydrogen-bond donors (Lipinski definition) is 2. The minimum Gasteiger partial charge on any atom is -0.465 e. The van der Waals surface area contributed by atoms with Crippen molar-refractivity contribution in [1.82, 2.24) is 5.32 Å². The summed E-state index contributed by atoms with van der Waals surface area (Å²) in [6, 6.07) is -0.300. The molecule has 1 heterocycles. The van der Waals surface area contributed by atoms with Crippen LogP contribution in [0.4, 0.5) is 0 Å². The maximum atomic E-state index is 11.5. The second-order valence-corrected chi connectivity index (χ2v) is 4.43. The standard InChI is InChI=1S/C12H23NO3/c1-2-3-4-5-6-7-16-12(15)11-8-10(14)9-13-11/h10-11,13-14H,2-9H2,1H3/t10-,11+/m1/s1. The van der Waals surface area contributed by atoms with Crippen molar-refractivity contribution in [3.8, 4) is 0 Å². The topological polar surface area (TPSA) is 58.6 Å². The van der Waals surface area contributed by atoms with Crippen LogP contribution in [-0.4, -0.2) is 36.4 Å². The van der Waals surface area contributed by atoms with Gasteiger partial charge in [0.15, 0.2) is 0 Å². The van der Waals surface area contributed by atoms with Gasteiger partial charge in [-0.25, -0.2) is 0 Å². The van der Waals surface area contributed by atoms with E-state index in [0.29, 0.717) is 19.6 Å². The molecule has 4 nitrogen and oxygen atoms in total. The van der Waals surface area contributed by atoms with Gasteiger partial charge in [-0.05, 0) is 6.42 Å². The molecule has 1 rings (SSSR count). The Bertz CT molecular complexity index is 208. The second-order valence-electron chi connectivity index (χ2n) is 4.43. The highest BCUT2D eigenvalue weighted by molar-refractivity contribution is 5.76. The number of aliphatic hydroxyl groups is 1. The van der Waals surface area contributed by atoms with E-state index < -0.39 is 6.10 Å². The summed E-state index contributed by atoms with van der Waals surface area (Å²) in [5, 5.41) is 12.2. The van der Waals surface area contributed by atoms with E-state index in [0.717, 1.165) is 12.8 Å². The van der Waals surface area contributed by atoms with Crippen LogP contribution in [0.3, 0.4) is 0 Å². The molecule has 1 fully saturated rings. The van der Waals surface area contributed by atoms with Crippen molar-refractivity contribution in [2.75, 3.05) is 13.2 Å². The predicted octanol–water partition coefficient (Wildman–Crippen LogP) is 1.22. The Kier molecular flexibility index (Phi) is 6.42. The van der Waals surface area contributed by atoms with Crippen molar-refractivity contribution in [2.24, 2.45) is 0 Å². The summed E-state index contributed by atoms with van der Waals surface area (Å²) in [6.45, 7) is 3.18. The number of nitrogens with one attached hydrogen (secondary N) is 1. The minimum atomic E-state index is -0.401. The highest BCUT2D eigenvalue weighted by atomic mass is 16.5. The molecule has 4 heteroatoms. The first-order chi connectivity index (χ1) is 7.74. The van der Waals surface area contributed by atoms with Gasteiger partial charge in [0.1, 0.15) is 6.04 Å². The van der Waals surface area contributed by atoms with Crippen LogP contribution in [0, 0.1) is 0 Å². The molecular formula is C12H23NO3. The maximum absolute atomic E-state index is 11.5. The van der Waals surface area contributed by atoms with Gasteiger partial charge in [0.25, 0.3) is 0 Å². The molecule has 0 saturated carbocycles. The third-order valence-corrected chi connectivity index (χ3v) is 2.88. The van der Waals surface area contributed by atoms with E-state index in [2.05, 4.69) is 12.2 Å². The van der Waals surface area contributed by atoms with Crippen molar-refractivity contribution < 1.29 is 14.6 Å². The minimum absolute atomic E-state index is 0.216. The molecule has 1 saturated heterocycles. The number of ether oxygens (including phenoxy) is 1. The zero-order valence-corrected chi connectivity index (χ0v) is 10.1. The average molecular weight is 229 g/mol. The Balaban J connectivity index is 1.98. The fourth-order valence-corrected chi connectivity index (χ4v) is 1.88. The normalized spacial score (nSPS) is 24.6. The lowest BCUT2D eigenvalue weighted by Gasteiger charge is -2.09. The summed E-state index contributed by atoms with van der Waals surface area (Å²) in [6.07, 6.45) is 5.85. The SMILES string of the molecule is CCCCCCCOC(=O)[C@@H]1C[C@@H](O)CN1. The summed E-state index contributed by atoms with van der Waals surface area (Å²) in [4.78, 5) is 11.5. The lowest BCUT2D eigenvalue weighted by molar-refractivity contribution is -0.146. The van der Waals surface area contributed by atoms with Crippen LogP contribution in [0.1, 0.15) is 45.4 Å².